The van der Waals surface area contributed by atoms with Crippen molar-refractivity contribution in [3.8, 4) is 11.3 Å². The molecule has 0 unspecified atom stereocenters. The zero-order valence-electron chi connectivity index (χ0n) is 13.0. The lowest BCUT2D eigenvalue weighted by Crippen LogP contribution is -1.99. The van der Waals surface area contributed by atoms with Gasteiger partial charge in [-0.2, -0.15) is 0 Å². The SMILES string of the molecule is O=C(O)/C(=C\c1ccc(-c2ccc([N+](=O)[O-])cc2)o1)c1ccccc1. The van der Waals surface area contributed by atoms with Gasteiger partial charge in [-0.05, 0) is 35.9 Å². The molecule has 0 spiro atoms. The predicted octanol–water partition coefficient (Wildman–Crippen LogP) is 4.48. The molecule has 0 radical (unpaired) electrons. The number of aliphatic carboxylic acids is 1. The van der Waals surface area contributed by atoms with Gasteiger partial charge in [-0.15, -0.1) is 0 Å². The Morgan fingerprint density at radius 2 is 1.68 bits per heavy atom. The number of rotatable bonds is 5. The number of hydrogen-bond donors (Lipinski definition) is 1. The van der Waals surface area contributed by atoms with Crippen LogP contribution in [0.3, 0.4) is 0 Å². The Balaban J connectivity index is 1.92. The third kappa shape index (κ3) is 3.64. The predicted molar refractivity (Wildman–Crippen MR) is 92.7 cm³/mol. The summed E-state index contributed by atoms with van der Waals surface area (Å²) >= 11 is 0. The Morgan fingerprint density at radius 1 is 1.00 bits per heavy atom. The molecule has 0 aliphatic carbocycles. The molecule has 0 aliphatic heterocycles. The van der Waals surface area contributed by atoms with E-state index in [1.165, 1.54) is 18.2 Å². The van der Waals surface area contributed by atoms with Crippen molar-refractivity contribution in [3.63, 3.8) is 0 Å². The van der Waals surface area contributed by atoms with Crippen LogP contribution in [0.25, 0.3) is 23.0 Å². The molecule has 0 saturated heterocycles. The van der Waals surface area contributed by atoms with Crippen LogP contribution in [0.5, 0.6) is 0 Å². The second-order valence-corrected chi connectivity index (χ2v) is 5.24. The fourth-order valence-corrected chi connectivity index (χ4v) is 2.36. The number of hydrogen-bond acceptors (Lipinski definition) is 4. The minimum absolute atomic E-state index is 0.00679. The highest BCUT2D eigenvalue weighted by Crippen LogP contribution is 2.27. The highest BCUT2D eigenvalue weighted by Gasteiger charge is 2.12. The average Bonchev–Trinajstić information content (AvgIpc) is 3.09. The quantitative estimate of drug-likeness (QED) is 0.421. The van der Waals surface area contributed by atoms with E-state index >= 15 is 0 Å². The van der Waals surface area contributed by atoms with Crippen molar-refractivity contribution in [1.82, 2.24) is 0 Å². The van der Waals surface area contributed by atoms with Crippen molar-refractivity contribution in [3.05, 3.63) is 88.2 Å². The van der Waals surface area contributed by atoms with Crippen molar-refractivity contribution >= 4 is 23.3 Å². The number of carboxylic acids is 1. The summed E-state index contributed by atoms with van der Waals surface area (Å²) in [4.78, 5) is 21.7. The Labute approximate surface area is 142 Å². The second kappa shape index (κ2) is 6.84. The Hall–Kier alpha value is -3.67. The molecule has 1 aromatic heterocycles. The van der Waals surface area contributed by atoms with Gasteiger partial charge in [0.2, 0.25) is 0 Å². The molecule has 6 heteroatoms. The lowest BCUT2D eigenvalue weighted by atomic mass is 10.1. The van der Waals surface area contributed by atoms with Gasteiger partial charge in [0, 0.05) is 17.7 Å². The van der Waals surface area contributed by atoms with Gasteiger partial charge in [0.05, 0.1) is 10.5 Å². The minimum Gasteiger partial charge on any atom is -0.478 e. The first-order valence-corrected chi connectivity index (χ1v) is 7.39. The summed E-state index contributed by atoms with van der Waals surface area (Å²) in [7, 11) is 0. The summed E-state index contributed by atoms with van der Waals surface area (Å²) in [6.07, 6.45) is 1.45. The van der Waals surface area contributed by atoms with E-state index in [9.17, 15) is 20.0 Å². The normalized spacial score (nSPS) is 11.3. The van der Waals surface area contributed by atoms with Crippen LogP contribution in [-0.2, 0) is 4.79 Å². The van der Waals surface area contributed by atoms with Gasteiger partial charge < -0.3 is 9.52 Å². The molecule has 124 valence electrons. The lowest BCUT2D eigenvalue weighted by molar-refractivity contribution is -0.384. The van der Waals surface area contributed by atoms with E-state index < -0.39 is 10.9 Å². The van der Waals surface area contributed by atoms with Gasteiger partial charge in [-0.3, -0.25) is 10.1 Å². The van der Waals surface area contributed by atoms with E-state index in [4.69, 9.17) is 4.42 Å². The first-order chi connectivity index (χ1) is 12.0. The number of furan rings is 1. The summed E-state index contributed by atoms with van der Waals surface area (Å²) < 4.78 is 5.66. The summed E-state index contributed by atoms with van der Waals surface area (Å²) in [6.45, 7) is 0. The molecule has 25 heavy (non-hydrogen) atoms. The van der Waals surface area contributed by atoms with Crippen molar-refractivity contribution in [2.75, 3.05) is 0 Å². The van der Waals surface area contributed by atoms with Crippen molar-refractivity contribution in [1.29, 1.82) is 0 Å². The largest absolute Gasteiger partial charge is 0.478 e. The fraction of sp³-hybridized carbons (Fsp3) is 0. The van der Waals surface area contributed by atoms with E-state index in [1.807, 2.05) is 6.07 Å². The summed E-state index contributed by atoms with van der Waals surface area (Å²) in [5.74, 6) is -0.173. The van der Waals surface area contributed by atoms with Gasteiger partial charge in [0.25, 0.3) is 5.69 Å². The number of carbonyl (C=O) groups is 1. The molecule has 1 heterocycles. The third-order valence-electron chi connectivity index (χ3n) is 3.59. The molecule has 6 nitrogen and oxygen atoms in total. The number of non-ortho nitro benzene ring substituents is 1. The van der Waals surface area contributed by atoms with Gasteiger partial charge in [-0.25, -0.2) is 4.79 Å². The van der Waals surface area contributed by atoms with Crippen LogP contribution in [0.1, 0.15) is 11.3 Å². The molecule has 3 rings (SSSR count). The van der Waals surface area contributed by atoms with Gasteiger partial charge >= 0.3 is 5.97 Å². The third-order valence-corrected chi connectivity index (χ3v) is 3.59. The standard InChI is InChI=1S/C19H13NO5/c21-19(22)17(13-4-2-1-3-5-13)12-16-10-11-18(25-16)14-6-8-15(9-7-14)20(23)24/h1-12H,(H,21,22)/b17-12-. The minimum atomic E-state index is -1.06. The molecule has 0 fully saturated rings. The molecule has 3 aromatic rings. The van der Waals surface area contributed by atoms with Crippen LogP contribution in [0.15, 0.2) is 71.1 Å². The molecule has 0 bridgehead atoms. The summed E-state index contributed by atoms with van der Waals surface area (Å²) in [5.41, 5.74) is 1.35. The maximum Gasteiger partial charge on any atom is 0.336 e. The first-order valence-electron chi connectivity index (χ1n) is 7.39. The summed E-state index contributed by atoms with van der Waals surface area (Å²) in [5, 5.41) is 20.1. The average molecular weight is 335 g/mol. The monoisotopic (exact) mass is 335 g/mol. The summed E-state index contributed by atoms with van der Waals surface area (Å²) in [6, 6.07) is 18.0. The van der Waals surface area contributed by atoms with Crippen LogP contribution in [-0.4, -0.2) is 16.0 Å². The van der Waals surface area contributed by atoms with Crippen molar-refractivity contribution in [2.24, 2.45) is 0 Å². The lowest BCUT2D eigenvalue weighted by Gasteiger charge is -2.01. The van der Waals surface area contributed by atoms with Gasteiger partial charge in [-0.1, -0.05) is 30.3 Å². The highest BCUT2D eigenvalue weighted by molar-refractivity contribution is 6.20. The zero-order valence-corrected chi connectivity index (χ0v) is 13.0. The van der Waals surface area contributed by atoms with Crippen LogP contribution in [0.2, 0.25) is 0 Å². The van der Waals surface area contributed by atoms with Crippen LogP contribution in [0, 0.1) is 10.1 Å². The number of nitro benzene ring substituents is 1. The van der Waals surface area contributed by atoms with E-state index in [0.717, 1.165) is 0 Å². The van der Waals surface area contributed by atoms with Crippen LogP contribution >= 0.6 is 0 Å². The maximum atomic E-state index is 11.5. The molecule has 1 N–H and O–H groups in total. The molecule has 0 aliphatic rings. The van der Waals surface area contributed by atoms with E-state index in [-0.39, 0.29) is 11.3 Å². The zero-order chi connectivity index (χ0) is 17.8. The number of benzene rings is 2. The second-order valence-electron chi connectivity index (χ2n) is 5.24. The van der Waals surface area contributed by atoms with Crippen LogP contribution in [0.4, 0.5) is 5.69 Å². The Kier molecular flexibility index (Phi) is 4.43. The number of nitrogens with zero attached hydrogens (tertiary/aromatic N) is 1. The maximum absolute atomic E-state index is 11.5. The highest BCUT2D eigenvalue weighted by atomic mass is 16.6. The van der Waals surface area contributed by atoms with E-state index in [1.54, 1.807) is 48.5 Å². The van der Waals surface area contributed by atoms with E-state index in [0.29, 0.717) is 22.6 Å². The molecule has 2 aromatic carbocycles. The van der Waals surface area contributed by atoms with E-state index in [2.05, 4.69) is 0 Å². The van der Waals surface area contributed by atoms with Gasteiger partial charge in [0.1, 0.15) is 11.5 Å². The number of nitro groups is 1. The van der Waals surface area contributed by atoms with Crippen molar-refractivity contribution in [2.45, 2.75) is 0 Å². The molecule has 0 atom stereocenters. The fourth-order valence-electron chi connectivity index (χ4n) is 2.36. The van der Waals surface area contributed by atoms with Gasteiger partial charge in [0.15, 0.2) is 0 Å². The molecule has 0 amide bonds. The van der Waals surface area contributed by atoms with Crippen molar-refractivity contribution < 1.29 is 19.2 Å². The molecular formula is C19H13NO5. The first kappa shape index (κ1) is 16.2. The Morgan fingerprint density at radius 3 is 2.28 bits per heavy atom. The smallest absolute Gasteiger partial charge is 0.336 e. The molecule has 0 saturated carbocycles. The van der Waals surface area contributed by atoms with Crippen LogP contribution < -0.4 is 0 Å². The number of carboxylic acid groups (broad SMARTS) is 1. The molecular weight excluding hydrogens is 322 g/mol. The topological polar surface area (TPSA) is 93.6 Å². The Bertz CT molecular complexity index is 939.